The SMILES string of the molecule is Cc1ccc(-c2cc(C)nc(NC3CCNCC3)n2)c(C)c1. The summed E-state index contributed by atoms with van der Waals surface area (Å²) in [6.45, 7) is 8.41. The van der Waals surface area contributed by atoms with Crippen molar-refractivity contribution >= 4 is 5.95 Å². The summed E-state index contributed by atoms with van der Waals surface area (Å²) in [6.07, 6.45) is 2.24. The Kier molecular flexibility index (Phi) is 4.39. The molecule has 0 unspecified atom stereocenters. The Labute approximate surface area is 132 Å². The van der Waals surface area contributed by atoms with Gasteiger partial charge in [-0.3, -0.25) is 0 Å². The van der Waals surface area contributed by atoms with Crippen molar-refractivity contribution in [1.29, 1.82) is 0 Å². The fourth-order valence-corrected chi connectivity index (χ4v) is 3.02. The van der Waals surface area contributed by atoms with Crippen LogP contribution in [0.4, 0.5) is 5.95 Å². The van der Waals surface area contributed by atoms with Crippen LogP contribution in [0, 0.1) is 20.8 Å². The second-order valence-corrected chi connectivity index (χ2v) is 6.21. The van der Waals surface area contributed by atoms with Gasteiger partial charge >= 0.3 is 0 Å². The van der Waals surface area contributed by atoms with E-state index in [0.29, 0.717) is 6.04 Å². The summed E-state index contributed by atoms with van der Waals surface area (Å²) in [5.41, 5.74) is 5.72. The van der Waals surface area contributed by atoms with Crippen molar-refractivity contribution < 1.29 is 0 Å². The second-order valence-electron chi connectivity index (χ2n) is 6.21. The van der Waals surface area contributed by atoms with Crippen LogP contribution >= 0.6 is 0 Å². The number of aromatic nitrogens is 2. The van der Waals surface area contributed by atoms with Gasteiger partial charge in [0.15, 0.2) is 0 Å². The third kappa shape index (κ3) is 3.45. The van der Waals surface area contributed by atoms with E-state index in [9.17, 15) is 0 Å². The van der Waals surface area contributed by atoms with Crippen molar-refractivity contribution in [2.45, 2.75) is 39.7 Å². The molecule has 2 aromatic rings. The van der Waals surface area contributed by atoms with E-state index in [0.717, 1.165) is 43.3 Å². The smallest absolute Gasteiger partial charge is 0.223 e. The molecule has 1 aromatic carbocycles. The van der Waals surface area contributed by atoms with Gasteiger partial charge in [0, 0.05) is 17.3 Å². The highest BCUT2D eigenvalue weighted by molar-refractivity contribution is 5.65. The third-order valence-corrected chi connectivity index (χ3v) is 4.18. The molecule has 0 spiro atoms. The Morgan fingerprint density at radius 2 is 1.82 bits per heavy atom. The van der Waals surface area contributed by atoms with Crippen LogP contribution in [-0.4, -0.2) is 29.1 Å². The number of nitrogens with zero attached hydrogens (tertiary/aromatic N) is 2. The molecule has 0 amide bonds. The van der Waals surface area contributed by atoms with Crippen LogP contribution in [0.5, 0.6) is 0 Å². The lowest BCUT2D eigenvalue weighted by Crippen LogP contribution is -2.35. The van der Waals surface area contributed by atoms with Crippen molar-refractivity contribution in [2.75, 3.05) is 18.4 Å². The predicted octanol–water partition coefficient (Wildman–Crippen LogP) is 3.23. The van der Waals surface area contributed by atoms with Crippen molar-refractivity contribution in [1.82, 2.24) is 15.3 Å². The summed E-state index contributed by atoms with van der Waals surface area (Å²) in [5, 5.41) is 6.88. The topological polar surface area (TPSA) is 49.8 Å². The summed E-state index contributed by atoms with van der Waals surface area (Å²) in [5.74, 6) is 0.752. The first-order valence-electron chi connectivity index (χ1n) is 8.02. The Balaban J connectivity index is 1.88. The van der Waals surface area contributed by atoms with E-state index in [-0.39, 0.29) is 0 Å². The highest BCUT2D eigenvalue weighted by Gasteiger charge is 2.15. The molecule has 116 valence electrons. The maximum Gasteiger partial charge on any atom is 0.223 e. The molecule has 1 saturated heterocycles. The van der Waals surface area contributed by atoms with Crippen LogP contribution < -0.4 is 10.6 Å². The molecule has 2 N–H and O–H groups in total. The first kappa shape index (κ1) is 15.0. The quantitative estimate of drug-likeness (QED) is 0.913. The number of nitrogens with one attached hydrogen (secondary N) is 2. The largest absolute Gasteiger partial charge is 0.351 e. The van der Waals surface area contributed by atoms with Gasteiger partial charge in [-0.2, -0.15) is 0 Å². The van der Waals surface area contributed by atoms with Crippen LogP contribution in [0.2, 0.25) is 0 Å². The molecule has 0 bridgehead atoms. The predicted molar refractivity (Wildman–Crippen MR) is 91.2 cm³/mol. The molecule has 1 fully saturated rings. The van der Waals surface area contributed by atoms with Crippen LogP contribution in [0.3, 0.4) is 0 Å². The maximum atomic E-state index is 4.75. The molecule has 0 atom stereocenters. The molecule has 2 heterocycles. The second kappa shape index (κ2) is 6.44. The Morgan fingerprint density at radius 1 is 1.05 bits per heavy atom. The highest BCUT2D eigenvalue weighted by Crippen LogP contribution is 2.24. The average Bonchev–Trinajstić information content (AvgIpc) is 2.47. The molecule has 4 heteroatoms. The standard InChI is InChI=1S/C18H24N4/c1-12-4-5-16(13(2)10-12)17-11-14(3)20-18(22-17)21-15-6-8-19-9-7-15/h4-5,10-11,15,19H,6-9H2,1-3H3,(H,20,21,22). The van der Waals surface area contributed by atoms with Crippen molar-refractivity contribution in [3.8, 4) is 11.3 Å². The Hall–Kier alpha value is -1.94. The fourth-order valence-electron chi connectivity index (χ4n) is 3.02. The normalized spacial score (nSPS) is 15.8. The van der Waals surface area contributed by atoms with Crippen LogP contribution in [0.15, 0.2) is 24.3 Å². The van der Waals surface area contributed by atoms with E-state index in [1.54, 1.807) is 0 Å². The lowest BCUT2D eigenvalue weighted by atomic mass is 10.0. The molecule has 22 heavy (non-hydrogen) atoms. The Morgan fingerprint density at radius 3 is 2.55 bits per heavy atom. The number of hydrogen-bond acceptors (Lipinski definition) is 4. The van der Waals surface area contributed by atoms with Gasteiger partial charge in [0.2, 0.25) is 5.95 Å². The molecular formula is C18H24N4. The van der Waals surface area contributed by atoms with Crippen molar-refractivity contribution in [2.24, 2.45) is 0 Å². The average molecular weight is 296 g/mol. The molecule has 0 aliphatic carbocycles. The Bertz CT molecular complexity index is 660. The molecule has 1 aliphatic heterocycles. The molecule has 0 radical (unpaired) electrons. The molecule has 1 aliphatic rings. The zero-order valence-corrected chi connectivity index (χ0v) is 13.6. The van der Waals surface area contributed by atoms with Crippen LogP contribution in [-0.2, 0) is 0 Å². The van der Waals surface area contributed by atoms with E-state index < -0.39 is 0 Å². The van der Waals surface area contributed by atoms with E-state index in [1.807, 2.05) is 6.92 Å². The first-order valence-corrected chi connectivity index (χ1v) is 8.02. The van der Waals surface area contributed by atoms with Gasteiger partial charge < -0.3 is 10.6 Å². The van der Waals surface area contributed by atoms with Crippen LogP contribution in [0.1, 0.15) is 29.7 Å². The minimum Gasteiger partial charge on any atom is -0.351 e. The number of aryl methyl sites for hydroxylation is 3. The van der Waals surface area contributed by atoms with E-state index in [2.05, 4.69) is 53.7 Å². The van der Waals surface area contributed by atoms with Crippen molar-refractivity contribution in [3.05, 3.63) is 41.1 Å². The van der Waals surface area contributed by atoms with E-state index >= 15 is 0 Å². The minimum atomic E-state index is 0.468. The highest BCUT2D eigenvalue weighted by atomic mass is 15.1. The van der Waals surface area contributed by atoms with Gasteiger partial charge in [0.25, 0.3) is 0 Å². The zero-order chi connectivity index (χ0) is 15.5. The van der Waals surface area contributed by atoms with Crippen LogP contribution in [0.25, 0.3) is 11.3 Å². The van der Waals surface area contributed by atoms with Gasteiger partial charge in [-0.1, -0.05) is 23.8 Å². The summed E-state index contributed by atoms with van der Waals surface area (Å²) >= 11 is 0. The minimum absolute atomic E-state index is 0.468. The van der Waals surface area contributed by atoms with Gasteiger partial charge in [-0.25, -0.2) is 9.97 Å². The summed E-state index contributed by atoms with van der Waals surface area (Å²) in [7, 11) is 0. The number of anilines is 1. The van der Waals surface area contributed by atoms with E-state index in [1.165, 1.54) is 16.7 Å². The third-order valence-electron chi connectivity index (χ3n) is 4.18. The van der Waals surface area contributed by atoms with Gasteiger partial charge in [0.1, 0.15) is 0 Å². The monoisotopic (exact) mass is 296 g/mol. The molecular weight excluding hydrogens is 272 g/mol. The lowest BCUT2D eigenvalue weighted by molar-refractivity contribution is 0.477. The number of hydrogen-bond donors (Lipinski definition) is 2. The van der Waals surface area contributed by atoms with Crippen molar-refractivity contribution in [3.63, 3.8) is 0 Å². The molecule has 3 rings (SSSR count). The number of benzene rings is 1. The van der Waals surface area contributed by atoms with Gasteiger partial charge in [0.05, 0.1) is 5.69 Å². The summed E-state index contributed by atoms with van der Waals surface area (Å²) in [4.78, 5) is 9.30. The molecule has 0 saturated carbocycles. The molecule has 1 aromatic heterocycles. The summed E-state index contributed by atoms with van der Waals surface area (Å²) < 4.78 is 0. The van der Waals surface area contributed by atoms with E-state index in [4.69, 9.17) is 4.98 Å². The number of rotatable bonds is 3. The summed E-state index contributed by atoms with van der Waals surface area (Å²) in [6, 6.07) is 9.02. The van der Waals surface area contributed by atoms with Gasteiger partial charge in [-0.15, -0.1) is 0 Å². The first-order chi connectivity index (χ1) is 10.6. The maximum absolute atomic E-state index is 4.75. The number of piperidine rings is 1. The fraction of sp³-hybridized carbons (Fsp3) is 0.444. The lowest BCUT2D eigenvalue weighted by Gasteiger charge is -2.24. The zero-order valence-electron chi connectivity index (χ0n) is 13.6. The molecule has 4 nitrogen and oxygen atoms in total. The van der Waals surface area contributed by atoms with Gasteiger partial charge in [-0.05, 0) is 58.3 Å².